The van der Waals surface area contributed by atoms with Crippen LogP contribution in [0, 0.1) is 24.6 Å². The van der Waals surface area contributed by atoms with Gasteiger partial charge in [-0.05, 0) is 82.2 Å². The van der Waals surface area contributed by atoms with Crippen LogP contribution in [0.4, 0.5) is 10.1 Å². The highest BCUT2D eigenvalue weighted by Gasteiger charge is 2.37. The van der Waals surface area contributed by atoms with E-state index >= 15 is 0 Å². The molecule has 1 saturated carbocycles. The van der Waals surface area contributed by atoms with Crippen molar-refractivity contribution >= 4 is 11.7 Å². The summed E-state index contributed by atoms with van der Waals surface area (Å²) in [6.07, 6.45) is 9.13. The number of hydrogen-bond acceptors (Lipinski definition) is 6. The number of carboxylic acid groups (broad SMARTS) is 1. The maximum Gasteiger partial charge on any atom is 0.337 e. The molecular formula is C34H42FN3O4. The summed E-state index contributed by atoms with van der Waals surface area (Å²) in [4.78, 5) is 24.5. The van der Waals surface area contributed by atoms with Crippen molar-refractivity contribution in [2.24, 2.45) is 11.8 Å². The van der Waals surface area contributed by atoms with E-state index in [0.29, 0.717) is 41.6 Å². The zero-order chi connectivity index (χ0) is 29.9. The Kier molecular flexibility index (Phi) is 9.11. The van der Waals surface area contributed by atoms with Gasteiger partial charge in [0.25, 0.3) is 0 Å². The third kappa shape index (κ3) is 7.09. The topological polar surface area (TPSA) is 84.8 Å². The van der Waals surface area contributed by atoms with Crippen molar-refractivity contribution in [1.29, 1.82) is 0 Å². The number of aliphatic carboxylic acids is 1. The van der Waals surface area contributed by atoms with Gasteiger partial charge in [-0.15, -0.1) is 0 Å². The molecule has 1 aliphatic carbocycles. The zero-order valence-corrected chi connectivity index (χ0v) is 25.1. The highest BCUT2D eigenvalue weighted by Crippen LogP contribution is 2.44. The Morgan fingerprint density at radius 1 is 1.05 bits per heavy atom. The van der Waals surface area contributed by atoms with E-state index in [-0.39, 0.29) is 5.82 Å². The SMILES string of the molecule is Cc1ncc(-c2ccc(OCCc3ccc(F)cc3)cn2)c(N2CCC3CCCCC3C2)c1[C@H](OC(C)(C)C)C(=O)O. The number of pyridine rings is 2. The predicted molar refractivity (Wildman–Crippen MR) is 161 cm³/mol. The maximum atomic E-state index is 13.2. The van der Waals surface area contributed by atoms with Gasteiger partial charge in [-0.3, -0.25) is 9.97 Å². The highest BCUT2D eigenvalue weighted by atomic mass is 19.1. The van der Waals surface area contributed by atoms with Crippen LogP contribution in [-0.2, 0) is 16.0 Å². The lowest BCUT2D eigenvalue weighted by molar-refractivity contribution is -0.160. The minimum atomic E-state index is -1.16. The molecule has 3 aromatic rings. The number of benzene rings is 1. The molecule has 0 bridgehead atoms. The molecule has 1 N–H and O–H groups in total. The average molecular weight is 576 g/mol. The van der Waals surface area contributed by atoms with Crippen LogP contribution in [0.15, 0.2) is 48.8 Å². The van der Waals surface area contributed by atoms with Gasteiger partial charge in [0.15, 0.2) is 6.10 Å². The van der Waals surface area contributed by atoms with Gasteiger partial charge in [0.1, 0.15) is 11.6 Å². The number of piperidine rings is 1. The van der Waals surface area contributed by atoms with Crippen molar-refractivity contribution in [3.8, 4) is 17.0 Å². The first-order valence-corrected chi connectivity index (χ1v) is 15.1. The van der Waals surface area contributed by atoms with Crippen molar-refractivity contribution in [3.63, 3.8) is 0 Å². The molecule has 0 spiro atoms. The third-order valence-electron chi connectivity index (χ3n) is 8.44. The number of ether oxygens (including phenoxy) is 2. The lowest BCUT2D eigenvalue weighted by Crippen LogP contribution is -2.43. The molecule has 2 aromatic heterocycles. The van der Waals surface area contributed by atoms with Crippen LogP contribution < -0.4 is 9.64 Å². The van der Waals surface area contributed by atoms with E-state index in [1.54, 1.807) is 18.3 Å². The molecule has 1 aliphatic heterocycles. The quantitative estimate of drug-likeness (QED) is 0.290. The molecule has 2 unspecified atom stereocenters. The molecule has 224 valence electrons. The summed E-state index contributed by atoms with van der Waals surface area (Å²) >= 11 is 0. The van der Waals surface area contributed by atoms with Crippen LogP contribution in [0.1, 0.15) is 75.8 Å². The fourth-order valence-electron chi connectivity index (χ4n) is 6.40. The van der Waals surface area contributed by atoms with E-state index in [1.807, 2.05) is 46.0 Å². The smallest absolute Gasteiger partial charge is 0.337 e. The summed E-state index contributed by atoms with van der Waals surface area (Å²) < 4.78 is 25.3. The summed E-state index contributed by atoms with van der Waals surface area (Å²) in [6.45, 7) is 9.67. The molecule has 1 aromatic carbocycles. The molecule has 2 aliphatic rings. The number of carbonyl (C=O) groups is 1. The molecule has 0 amide bonds. The second-order valence-electron chi connectivity index (χ2n) is 12.6. The molecule has 5 rings (SSSR count). The van der Waals surface area contributed by atoms with Crippen LogP contribution in [-0.4, -0.2) is 46.3 Å². The van der Waals surface area contributed by atoms with E-state index < -0.39 is 17.7 Å². The second kappa shape index (κ2) is 12.8. The number of anilines is 1. The van der Waals surface area contributed by atoms with Crippen LogP contribution in [0.3, 0.4) is 0 Å². The number of rotatable bonds is 9. The van der Waals surface area contributed by atoms with Gasteiger partial charge >= 0.3 is 5.97 Å². The molecule has 0 radical (unpaired) electrons. The largest absolute Gasteiger partial charge is 0.492 e. The molecule has 7 nitrogen and oxygen atoms in total. The summed E-state index contributed by atoms with van der Waals surface area (Å²) in [7, 11) is 0. The first kappa shape index (κ1) is 30.0. The first-order chi connectivity index (χ1) is 20.1. The lowest BCUT2D eigenvalue weighted by atomic mass is 9.75. The molecular weight excluding hydrogens is 533 g/mol. The van der Waals surface area contributed by atoms with E-state index in [1.165, 1.54) is 37.8 Å². The first-order valence-electron chi connectivity index (χ1n) is 15.1. The summed E-state index contributed by atoms with van der Waals surface area (Å²) in [5.41, 5.74) is 3.95. The molecule has 42 heavy (non-hydrogen) atoms. The third-order valence-corrected chi connectivity index (χ3v) is 8.44. The van der Waals surface area contributed by atoms with Gasteiger partial charge in [0.05, 0.1) is 29.8 Å². The van der Waals surface area contributed by atoms with Crippen molar-refractivity contribution in [2.75, 3.05) is 24.6 Å². The number of nitrogens with zero attached hydrogens (tertiary/aromatic N) is 3. The Morgan fingerprint density at radius 3 is 2.45 bits per heavy atom. The maximum absolute atomic E-state index is 13.2. The molecule has 2 fully saturated rings. The van der Waals surface area contributed by atoms with E-state index in [0.717, 1.165) is 42.2 Å². The monoisotopic (exact) mass is 575 g/mol. The Labute approximate surface area is 248 Å². The average Bonchev–Trinajstić information content (AvgIpc) is 2.96. The molecule has 8 heteroatoms. The van der Waals surface area contributed by atoms with Gasteiger partial charge in [-0.25, -0.2) is 9.18 Å². The Balaban J connectivity index is 1.47. The minimum Gasteiger partial charge on any atom is -0.492 e. The van der Waals surface area contributed by atoms with Crippen LogP contribution >= 0.6 is 0 Å². The van der Waals surface area contributed by atoms with E-state index in [9.17, 15) is 14.3 Å². The fourth-order valence-corrected chi connectivity index (χ4v) is 6.40. The highest BCUT2D eigenvalue weighted by molar-refractivity contribution is 5.85. The minimum absolute atomic E-state index is 0.254. The lowest BCUT2D eigenvalue weighted by Gasteiger charge is -2.44. The zero-order valence-electron chi connectivity index (χ0n) is 25.1. The number of aromatic nitrogens is 2. The summed E-state index contributed by atoms with van der Waals surface area (Å²) in [5.74, 6) is 0.674. The van der Waals surface area contributed by atoms with E-state index in [2.05, 4.69) is 9.88 Å². The van der Waals surface area contributed by atoms with Gasteiger partial charge in [-0.2, -0.15) is 0 Å². The van der Waals surface area contributed by atoms with Gasteiger partial charge in [0.2, 0.25) is 0 Å². The summed E-state index contributed by atoms with van der Waals surface area (Å²) in [6, 6.07) is 10.2. The predicted octanol–water partition coefficient (Wildman–Crippen LogP) is 7.17. The van der Waals surface area contributed by atoms with Crippen LogP contribution in [0.25, 0.3) is 11.3 Å². The summed E-state index contributed by atoms with van der Waals surface area (Å²) in [5, 5.41) is 10.4. The number of hydrogen-bond donors (Lipinski definition) is 1. The molecule has 3 atom stereocenters. The number of carboxylic acids is 1. The number of halogens is 1. The molecule has 1 saturated heterocycles. The Morgan fingerprint density at radius 2 is 1.79 bits per heavy atom. The van der Waals surface area contributed by atoms with Crippen molar-refractivity contribution < 1.29 is 23.8 Å². The van der Waals surface area contributed by atoms with E-state index in [4.69, 9.17) is 14.5 Å². The Hall–Kier alpha value is -3.52. The standard InChI is InChI=1S/C34H42FN3O4/c1-22-30(32(33(39)40)42-34(2,3)4)31(38-17-15-24-7-5-6-8-25(24)21-38)28(20-36-22)29-14-13-27(19-37-29)41-18-16-23-9-11-26(35)12-10-23/h9-14,19-20,24-25,32H,5-8,15-18,21H2,1-4H3,(H,39,40)/t24?,25?,32-/m0/s1. The van der Waals surface area contributed by atoms with Crippen molar-refractivity contribution in [1.82, 2.24) is 9.97 Å². The van der Waals surface area contributed by atoms with Crippen molar-refractivity contribution in [2.45, 2.75) is 77.9 Å². The Bertz CT molecular complexity index is 1370. The van der Waals surface area contributed by atoms with Gasteiger partial charge in [0, 0.05) is 42.5 Å². The number of aryl methyl sites for hydroxylation is 1. The van der Waals surface area contributed by atoms with Gasteiger partial charge in [-0.1, -0.05) is 31.4 Å². The van der Waals surface area contributed by atoms with Crippen molar-refractivity contribution in [3.05, 3.63) is 71.4 Å². The fraction of sp³-hybridized carbons (Fsp3) is 0.500. The number of fused-ring (bicyclic) bond motifs is 1. The second-order valence-corrected chi connectivity index (χ2v) is 12.6. The normalized spacial score (nSPS) is 19.7. The van der Waals surface area contributed by atoms with Crippen LogP contribution in [0.2, 0.25) is 0 Å². The molecule has 3 heterocycles. The van der Waals surface area contributed by atoms with Gasteiger partial charge < -0.3 is 19.5 Å². The van der Waals surface area contributed by atoms with Crippen LogP contribution in [0.5, 0.6) is 5.75 Å².